The summed E-state index contributed by atoms with van der Waals surface area (Å²) in [6, 6.07) is -1.84. The van der Waals surface area contributed by atoms with Crippen molar-refractivity contribution in [3.63, 3.8) is 0 Å². The van der Waals surface area contributed by atoms with E-state index in [1.54, 1.807) is 4.90 Å². The van der Waals surface area contributed by atoms with Gasteiger partial charge in [0.25, 0.3) is 0 Å². The van der Waals surface area contributed by atoms with Gasteiger partial charge in [-0.15, -0.1) is 0 Å². The normalized spacial score (nSPS) is 21.3. The smallest absolute Gasteiger partial charge is 0.326 e. The number of aliphatic carboxylic acids is 2. The van der Waals surface area contributed by atoms with E-state index in [2.05, 4.69) is 5.32 Å². The van der Waals surface area contributed by atoms with Crippen LogP contribution in [0.25, 0.3) is 0 Å². The lowest BCUT2D eigenvalue weighted by atomic mass is 10.1. The molecule has 1 heterocycles. The van der Waals surface area contributed by atoms with Crippen molar-refractivity contribution in [2.24, 2.45) is 0 Å². The molecule has 0 saturated carbocycles. The van der Waals surface area contributed by atoms with Crippen molar-refractivity contribution in [1.29, 1.82) is 0 Å². The number of nitrogens with one attached hydrogen (secondary N) is 1. The Kier molecular flexibility index (Phi) is 5.59. The van der Waals surface area contributed by atoms with E-state index in [4.69, 9.17) is 10.2 Å². The Morgan fingerprint density at radius 1 is 1.26 bits per heavy atom. The van der Waals surface area contributed by atoms with Crippen LogP contribution in [0.2, 0.25) is 0 Å². The molecule has 0 bridgehead atoms. The van der Waals surface area contributed by atoms with Crippen molar-refractivity contribution in [3.05, 3.63) is 0 Å². The Balaban J connectivity index is 2.64. The van der Waals surface area contributed by atoms with Crippen molar-refractivity contribution in [2.45, 2.75) is 51.1 Å². The van der Waals surface area contributed by atoms with E-state index in [0.29, 0.717) is 6.54 Å². The van der Waals surface area contributed by atoms with E-state index < -0.39 is 30.4 Å². The van der Waals surface area contributed by atoms with Crippen LogP contribution in [0.1, 0.15) is 39.0 Å². The van der Waals surface area contributed by atoms with Gasteiger partial charge in [-0.2, -0.15) is 0 Å². The van der Waals surface area contributed by atoms with Gasteiger partial charge in [-0.1, -0.05) is 12.8 Å². The molecule has 0 spiro atoms. The summed E-state index contributed by atoms with van der Waals surface area (Å²) in [6.07, 6.45) is 3.23. The predicted octanol–water partition coefficient (Wildman–Crippen LogP) is 0.888. The zero-order valence-corrected chi connectivity index (χ0v) is 11.0. The van der Waals surface area contributed by atoms with Crippen LogP contribution in [0.3, 0.4) is 0 Å². The minimum Gasteiger partial charge on any atom is -0.481 e. The van der Waals surface area contributed by atoms with Crippen LogP contribution in [0, 0.1) is 0 Å². The average Bonchev–Trinajstić information content (AvgIpc) is 2.52. The largest absolute Gasteiger partial charge is 0.481 e. The molecule has 0 aromatic rings. The van der Waals surface area contributed by atoms with Crippen LogP contribution in [0.4, 0.5) is 4.79 Å². The molecule has 1 saturated heterocycles. The van der Waals surface area contributed by atoms with E-state index in [9.17, 15) is 14.4 Å². The van der Waals surface area contributed by atoms with Gasteiger partial charge in [0.15, 0.2) is 0 Å². The molecule has 1 aliphatic rings. The number of rotatable bonds is 4. The second-order valence-electron chi connectivity index (χ2n) is 4.83. The first kappa shape index (κ1) is 15.3. The van der Waals surface area contributed by atoms with E-state index >= 15 is 0 Å². The van der Waals surface area contributed by atoms with Gasteiger partial charge < -0.3 is 20.4 Å². The van der Waals surface area contributed by atoms with Crippen molar-refractivity contribution in [1.82, 2.24) is 10.2 Å². The fourth-order valence-electron chi connectivity index (χ4n) is 2.18. The minimum atomic E-state index is -1.39. The first-order valence-electron chi connectivity index (χ1n) is 6.43. The lowest BCUT2D eigenvalue weighted by Crippen LogP contribution is -2.51. The van der Waals surface area contributed by atoms with Crippen molar-refractivity contribution in [2.75, 3.05) is 6.54 Å². The van der Waals surface area contributed by atoms with Crippen LogP contribution < -0.4 is 5.32 Å². The molecule has 7 heteroatoms. The second-order valence-corrected chi connectivity index (χ2v) is 4.83. The van der Waals surface area contributed by atoms with Crippen LogP contribution in [0.15, 0.2) is 0 Å². The number of nitrogens with zero attached hydrogens (tertiary/aromatic N) is 1. The zero-order chi connectivity index (χ0) is 14.4. The number of carbonyl (C=O) groups excluding carboxylic acids is 1. The van der Waals surface area contributed by atoms with Gasteiger partial charge >= 0.3 is 18.0 Å². The number of amides is 2. The van der Waals surface area contributed by atoms with E-state index in [0.717, 1.165) is 25.7 Å². The van der Waals surface area contributed by atoms with Gasteiger partial charge in [0, 0.05) is 12.6 Å². The highest BCUT2D eigenvalue weighted by atomic mass is 16.4. The summed E-state index contributed by atoms with van der Waals surface area (Å²) in [5, 5.41) is 19.8. The number of hydrogen-bond acceptors (Lipinski definition) is 3. The number of likely N-dealkylation sites (tertiary alicyclic amines) is 1. The van der Waals surface area contributed by atoms with Crippen molar-refractivity contribution in [3.8, 4) is 0 Å². The fraction of sp³-hybridized carbons (Fsp3) is 0.750. The monoisotopic (exact) mass is 272 g/mol. The average molecular weight is 272 g/mol. The maximum absolute atomic E-state index is 12.0. The minimum absolute atomic E-state index is 0.0433. The predicted molar refractivity (Wildman–Crippen MR) is 66.8 cm³/mol. The Morgan fingerprint density at radius 2 is 1.95 bits per heavy atom. The van der Waals surface area contributed by atoms with E-state index in [-0.39, 0.29) is 6.04 Å². The summed E-state index contributed by atoms with van der Waals surface area (Å²) < 4.78 is 0. The van der Waals surface area contributed by atoms with Crippen LogP contribution >= 0.6 is 0 Å². The third kappa shape index (κ3) is 4.76. The summed E-state index contributed by atoms with van der Waals surface area (Å²) in [5.41, 5.74) is 0. The molecule has 19 heavy (non-hydrogen) atoms. The van der Waals surface area contributed by atoms with Gasteiger partial charge in [-0.05, 0) is 19.8 Å². The van der Waals surface area contributed by atoms with Crippen molar-refractivity contribution < 1.29 is 24.6 Å². The Bertz CT molecular complexity index is 358. The summed E-state index contributed by atoms with van der Waals surface area (Å²) in [7, 11) is 0. The lowest BCUT2D eigenvalue weighted by Gasteiger charge is -2.28. The van der Waals surface area contributed by atoms with Crippen LogP contribution in [0.5, 0.6) is 0 Å². The zero-order valence-electron chi connectivity index (χ0n) is 11.0. The standard InChI is InChI=1S/C12H20N2O5/c1-8-5-3-2-4-6-14(8)12(19)13-9(11(17)18)7-10(15)16/h8-9H,2-7H2,1H3,(H,13,19)(H,15,16)(H,17,18)/t8?,9-/m0/s1. The molecule has 108 valence electrons. The summed E-state index contributed by atoms with van der Waals surface area (Å²) in [4.78, 5) is 35.1. The van der Waals surface area contributed by atoms with Gasteiger partial charge in [-0.25, -0.2) is 9.59 Å². The van der Waals surface area contributed by atoms with Crippen molar-refractivity contribution >= 4 is 18.0 Å². The summed E-state index contributed by atoms with van der Waals surface area (Å²) in [6.45, 7) is 2.49. The first-order valence-corrected chi connectivity index (χ1v) is 6.43. The SMILES string of the molecule is CC1CCCCCN1C(=O)N[C@@H](CC(=O)O)C(=O)O. The summed E-state index contributed by atoms with van der Waals surface area (Å²) in [5.74, 6) is -2.59. The molecule has 2 amide bonds. The number of urea groups is 1. The number of hydrogen-bond donors (Lipinski definition) is 3. The summed E-state index contributed by atoms with van der Waals surface area (Å²) >= 11 is 0. The number of carboxylic acids is 2. The highest BCUT2D eigenvalue weighted by Gasteiger charge is 2.28. The molecular formula is C12H20N2O5. The molecule has 1 fully saturated rings. The first-order chi connectivity index (χ1) is 8.91. The molecule has 0 radical (unpaired) electrons. The Morgan fingerprint density at radius 3 is 2.53 bits per heavy atom. The van der Waals surface area contributed by atoms with Crippen LogP contribution in [-0.2, 0) is 9.59 Å². The number of carbonyl (C=O) groups is 3. The molecule has 1 aliphatic heterocycles. The molecule has 7 nitrogen and oxygen atoms in total. The van der Waals surface area contributed by atoms with Gasteiger partial charge in [0.1, 0.15) is 6.04 Å². The third-order valence-electron chi connectivity index (χ3n) is 3.29. The van der Waals surface area contributed by atoms with Crippen LogP contribution in [-0.4, -0.2) is 51.7 Å². The van der Waals surface area contributed by atoms with E-state index in [1.165, 1.54) is 0 Å². The van der Waals surface area contributed by atoms with Gasteiger partial charge in [-0.3, -0.25) is 4.79 Å². The fourth-order valence-corrected chi connectivity index (χ4v) is 2.18. The number of carboxylic acid groups (broad SMARTS) is 2. The third-order valence-corrected chi connectivity index (χ3v) is 3.29. The van der Waals surface area contributed by atoms with E-state index in [1.807, 2.05) is 6.92 Å². The molecule has 1 rings (SSSR count). The maximum atomic E-state index is 12.0. The maximum Gasteiger partial charge on any atom is 0.326 e. The molecule has 0 aromatic heterocycles. The lowest BCUT2D eigenvalue weighted by molar-refractivity contribution is -0.145. The van der Waals surface area contributed by atoms with Gasteiger partial charge in [0.05, 0.1) is 6.42 Å². The quantitative estimate of drug-likeness (QED) is 0.704. The molecule has 3 N–H and O–H groups in total. The molecule has 0 aliphatic carbocycles. The molecule has 2 atom stereocenters. The Hall–Kier alpha value is -1.79. The molecule has 0 aromatic carbocycles. The topological polar surface area (TPSA) is 107 Å². The molecule has 1 unspecified atom stereocenters. The highest BCUT2D eigenvalue weighted by Crippen LogP contribution is 2.16. The molecular weight excluding hydrogens is 252 g/mol. The van der Waals surface area contributed by atoms with Gasteiger partial charge in [0.2, 0.25) is 0 Å². The second kappa shape index (κ2) is 6.96. The Labute approximate surface area is 111 Å². The highest BCUT2D eigenvalue weighted by molar-refractivity contribution is 5.86.